The number of rotatable bonds is 6. The van der Waals surface area contributed by atoms with Crippen LogP contribution >= 0.6 is 0 Å². The molecule has 0 bridgehead atoms. The van der Waals surface area contributed by atoms with Crippen LogP contribution in [0.4, 0.5) is 0 Å². The van der Waals surface area contributed by atoms with Crippen molar-refractivity contribution in [1.29, 1.82) is 0 Å². The van der Waals surface area contributed by atoms with Gasteiger partial charge >= 0.3 is 0 Å². The summed E-state index contributed by atoms with van der Waals surface area (Å²) in [5, 5.41) is 9.01. The van der Waals surface area contributed by atoms with Gasteiger partial charge in [-0.25, -0.2) is 12.7 Å². The Morgan fingerprint density at radius 1 is 1.19 bits per heavy atom. The fraction of sp³-hybridized carbons (Fsp3) is 0.500. The van der Waals surface area contributed by atoms with Crippen LogP contribution in [0.5, 0.6) is 0 Å². The summed E-state index contributed by atoms with van der Waals surface area (Å²) < 4.78 is 25.0. The number of carbonyl (C=O) groups excluding carboxylic acids is 1. The molecule has 0 saturated heterocycles. The number of aliphatic hydroxyl groups excluding tert-OH is 1. The summed E-state index contributed by atoms with van der Waals surface area (Å²) in [6, 6.07) is 5.77. The van der Waals surface area contributed by atoms with Crippen LogP contribution in [0.15, 0.2) is 29.2 Å². The first-order valence-electron chi connectivity index (χ1n) is 6.66. The van der Waals surface area contributed by atoms with Gasteiger partial charge in [0.05, 0.1) is 11.5 Å². The van der Waals surface area contributed by atoms with Crippen molar-refractivity contribution in [1.82, 2.24) is 9.21 Å². The topological polar surface area (TPSA) is 77.9 Å². The molecule has 0 aliphatic rings. The third-order valence-electron chi connectivity index (χ3n) is 3.10. The molecule has 1 rings (SSSR count). The largest absolute Gasteiger partial charge is 0.395 e. The van der Waals surface area contributed by atoms with E-state index in [0.29, 0.717) is 5.56 Å². The van der Waals surface area contributed by atoms with Crippen LogP contribution in [-0.2, 0) is 10.0 Å². The van der Waals surface area contributed by atoms with Gasteiger partial charge < -0.3 is 10.0 Å². The molecule has 0 heterocycles. The molecule has 1 amide bonds. The van der Waals surface area contributed by atoms with Crippen LogP contribution in [0.25, 0.3) is 0 Å². The highest BCUT2D eigenvalue weighted by Gasteiger charge is 2.20. The van der Waals surface area contributed by atoms with Crippen LogP contribution < -0.4 is 0 Å². The predicted molar refractivity (Wildman–Crippen MR) is 80.6 cm³/mol. The highest BCUT2D eigenvalue weighted by molar-refractivity contribution is 7.89. The van der Waals surface area contributed by atoms with E-state index < -0.39 is 10.0 Å². The van der Waals surface area contributed by atoms with Gasteiger partial charge in [-0.1, -0.05) is 0 Å². The molecule has 21 heavy (non-hydrogen) atoms. The predicted octanol–water partition coefficient (Wildman–Crippen LogP) is 0.780. The lowest BCUT2D eigenvalue weighted by Crippen LogP contribution is -2.39. The Morgan fingerprint density at radius 3 is 2.10 bits per heavy atom. The molecule has 0 fully saturated rings. The molecule has 0 saturated carbocycles. The molecule has 0 aromatic heterocycles. The zero-order chi connectivity index (χ0) is 16.2. The second-order valence-electron chi connectivity index (χ2n) is 5.13. The molecule has 0 unspecified atom stereocenters. The molecular weight excluding hydrogens is 292 g/mol. The molecule has 118 valence electrons. The van der Waals surface area contributed by atoms with Crippen molar-refractivity contribution in [3.63, 3.8) is 0 Å². The minimum Gasteiger partial charge on any atom is -0.395 e. The summed E-state index contributed by atoms with van der Waals surface area (Å²) in [6.07, 6.45) is 0. The third-order valence-corrected chi connectivity index (χ3v) is 4.93. The molecule has 0 radical (unpaired) electrons. The maximum Gasteiger partial charge on any atom is 0.254 e. The maximum atomic E-state index is 12.3. The van der Waals surface area contributed by atoms with Gasteiger partial charge in [0, 0.05) is 32.2 Å². The fourth-order valence-electron chi connectivity index (χ4n) is 1.85. The quantitative estimate of drug-likeness (QED) is 0.842. The minimum absolute atomic E-state index is 0.0464. The lowest BCUT2D eigenvalue weighted by molar-refractivity contribution is 0.0665. The van der Waals surface area contributed by atoms with Crippen molar-refractivity contribution in [2.45, 2.75) is 24.8 Å². The molecule has 0 aliphatic heterocycles. The van der Waals surface area contributed by atoms with Gasteiger partial charge in [-0.2, -0.15) is 0 Å². The lowest BCUT2D eigenvalue weighted by Gasteiger charge is -2.26. The summed E-state index contributed by atoms with van der Waals surface area (Å²) in [7, 11) is -0.589. The molecular formula is C14H22N2O4S. The second-order valence-corrected chi connectivity index (χ2v) is 7.28. The van der Waals surface area contributed by atoms with Crippen LogP contribution in [0.2, 0.25) is 0 Å². The van der Waals surface area contributed by atoms with E-state index >= 15 is 0 Å². The fourth-order valence-corrected chi connectivity index (χ4v) is 2.75. The summed E-state index contributed by atoms with van der Waals surface area (Å²) >= 11 is 0. The first-order chi connectivity index (χ1) is 9.71. The number of benzene rings is 1. The van der Waals surface area contributed by atoms with Crippen molar-refractivity contribution in [2.24, 2.45) is 0 Å². The van der Waals surface area contributed by atoms with Gasteiger partial charge in [0.25, 0.3) is 5.91 Å². The van der Waals surface area contributed by atoms with E-state index in [-0.39, 0.29) is 30.0 Å². The number of nitrogens with zero attached hydrogens (tertiary/aromatic N) is 2. The monoisotopic (exact) mass is 314 g/mol. The van der Waals surface area contributed by atoms with E-state index in [1.807, 2.05) is 13.8 Å². The Hall–Kier alpha value is -1.44. The molecule has 0 atom stereocenters. The minimum atomic E-state index is -3.50. The smallest absolute Gasteiger partial charge is 0.254 e. The Kier molecular flexibility index (Phi) is 5.88. The third kappa shape index (κ3) is 4.03. The number of amides is 1. The molecule has 0 aliphatic carbocycles. The zero-order valence-electron chi connectivity index (χ0n) is 12.8. The molecule has 6 nitrogen and oxygen atoms in total. The average molecular weight is 314 g/mol. The summed E-state index contributed by atoms with van der Waals surface area (Å²) in [5.74, 6) is -0.229. The zero-order valence-corrected chi connectivity index (χ0v) is 13.6. The molecule has 0 spiro atoms. The van der Waals surface area contributed by atoms with Crippen LogP contribution in [-0.4, -0.2) is 61.9 Å². The van der Waals surface area contributed by atoms with Crippen molar-refractivity contribution in [2.75, 3.05) is 27.2 Å². The Labute approximate surface area is 126 Å². The van der Waals surface area contributed by atoms with Crippen molar-refractivity contribution >= 4 is 15.9 Å². The van der Waals surface area contributed by atoms with E-state index in [4.69, 9.17) is 5.11 Å². The molecule has 1 aromatic carbocycles. The van der Waals surface area contributed by atoms with Crippen LogP contribution in [0.1, 0.15) is 24.2 Å². The first-order valence-corrected chi connectivity index (χ1v) is 8.10. The number of sulfonamides is 1. The Morgan fingerprint density at radius 2 is 1.71 bits per heavy atom. The van der Waals surface area contributed by atoms with E-state index in [1.54, 1.807) is 0 Å². The standard InChI is InChI=1S/C14H22N2O4S/c1-11(2)16(9-10-17)14(18)12-5-7-13(8-6-12)21(19,20)15(3)4/h5-8,11,17H,9-10H2,1-4H3. The molecule has 1 N–H and O–H groups in total. The second kappa shape index (κ2) is 7.02. The first kappa shape index (κ1) is 17.6. The SMILES string of the molecule is CC(C)N(CCO)C(=O)c1ccc(S(=O)(=O)N(C)C)cc1. The number of aliphatic hydroxyl groups is 1. The molecule has 7 heteroatoms. The van der Waals surface area contributed by atoms with Gasteiger partial charge in [0.1, 0.15) is 0 Å². The van der Waals surface area contributed by atoms with E-state index in [9.17, 15) is 13.2 Å². The number of carbonyl (C=O) groups is 1. The van der Waals surface area contributed by atoms with Crippen molar-refractivity contribution in [3.05, 3.63) is 29.8 Å². The van der Waals surface area contributed by atoms with E-state index in [2.05, 4.69) is 0 Å². The normalized spacial score (nSPS) is 12.0. The Bertz CT molecular complexity index is 579. The maximum absolute atomic E-state index is 12.3. The summed E-state index contributed by atoms with van der Waals surface area (Å²) in [4.78, 5) is 14.0. The average Bonchev–Trinajstić information content (AvgIpc) is 2.43. The van der Waals surface area contributed by atoms with Gasteiger partial charge in [-0.3, -0.25) is 4.79 Å². The van der Waals surface area contributed by atoms with Crippen LogP contribution in [0, 0.1) is 0 Å². The van der Waals surface area contributed by atoms with Gasteiger partial charge in [-0.15, -0.1) is 0 Å². The van der Waals surface area contributed by atoms with Crippen molar-refractivity contribution < 1.29 is 18.3 Å². The highest BCUT2D eigenvalue weighted by atomic mass is 32.2. The van der Waals surface area contributed by atoms with Crippen LogP contribution in [0.3, 0.4) is 0 Å². The number of hydrogen-bond acceptors (Lipinski definition) is 4. The van der Waals surface area contributed by atoms with E-state index in [1.165, 1.54) is 43.3 Å². The number of hydrogen-bond donors (Lipinski definition) is 1. The van der Waals surface area contributed by atoms with Gasteiger partial charge in [0.15, 0.2) is 0 Å². The molecule has 1 aromatic rings. The summed E-state index contributed by atoms with van der Waals surface area (Å²) in [6.45, 7) is 3.85. The van der Waals surface area contributed by atoms with Gasteiger partial charge in [-0.05, 0) is 38.1 Å². The van der Waals surface area contributed by atoms with Crippen molar-refractivity contribution in [3.8, 4) is 0 Å². The van der Waals surface area contributed by atoms with Gasteiger partial charge in [0.2, 0.25) is 10.0 Å². The highest BCUT2D eigenvalue weighted by Crippen LogP contribution is 2.15. The van der Waals surface area contributed by atoms with E-state index in [0.717, 1.165) is 4.31 Å². The lowest BCUT2D eigenvalue weighted by atomic mass is 10.1. The summed E-state index contributed by atoms with van der Waals surface area (Å²) in [5.41, 5.74) is 0.398. The Balaban J connectivity index is 3.05.